The molecule has 1 heterocycles. The predicted octanol–water partition coefficient (Wildman–Crippen LogP) is 2.87. The van der Waals surface area contributed by atoms with Gasteiger partial charge in [0.05, 0.1) is 11.6 Å². The van der Waals surface area contributed by atoms with Crippen molar-refractivity contribution in [1.82, 2.24) is 15.3 Å². The molecule has 0 aliphatic carbocycles. The van der Waals surface area contributed by atoms with Crippen LogP contribution in [0.5, 0.6) is 0 Å². The Hall–Kier alpha value is -2.91. The van der Waals surface area contributed by atoms with Crippen molar-refractivity contribution in [1.29, 1.82) is 0 Å². The van der Waals surface area contributed by atoms with Gasteiger partial charge in [-0.1, -0.05) is 13.0 Å². The Kier molecular flexibility index (Phi) is 5.87. The van der Waals surface area contributed by atoms with Gasteiger partial charge in [0.1, 0.15) is 11.5 Å². The van der Waals surface area contributed by atoms with E-state index in [1.54, 1.807) is 21.0 Å². The van der Waals surface area contributed by atoms with E-state index in [4.69, 9.17) is 0 Å². The molecule has 1 atom stereocenters. The molecule has 0 fully saturated rings. The molecule has 2 N–H and O–H groups in total. The molecule has 0 saturated heterocycles. The Balaban J connectivity index is 2.28. The van der Waals surface area contributed by atoms with Crippen LogP contribution in [0.25, 0.3) is 0 Å². The largest absolute Gasteiger partial charge is 0.419 e. The van der Waals surface area contributed by atoms with E-state index in [9.17, 15) is 27.2 Å². The first-order chi connectivity index (χ1) is 12.5. The number of alkyl halides is 3. The van der Waals surface area contributed by atoms with Gasteiger partial charge in [0.25, 0.3) is 11.5 Å². The first-order valence-corrected chi connectivity index (χ1v) is 7.99. The molecule has 2 aromatic rings. The third-order valence-electron chi connectivity index (χ3n) is 3.80. The summed E-state index contributed by atoms with van der Waals surface area (Å²) in [5.41, 5.74) is -1.89. The van der Waals surface area contributed by atoms with E-state index in [1.807, 2.05) is 0 Å². The van der Waals surface area contributed by atoms with Crippen LogP contribution in [-0.2, 0) is 6.18 Å². The van der Waals surface area contributed by atoms with Crippen LogP contribution in [0.3, 0.4) is 0 Å². The normalized spacial score (nSPS) is 12.6. The summed E-state index contributed by atoms with van der Waals surface area (Å²) in [4.78, 5) is 32.0. The number of aromatic nitrogens is 2. The highest BCUT2D eigenvalue weighted by Crippen LogP contribution is 2.32. The van der Waals surface area contributed by atoms with Crippen LogP contribution in [0.15, 0.2) is 29.1 Å². The summed E-state index contributed by atoms with van der Waals surface area (Å²) in [5, 5.41) is 2.56. The second-order valence-corrected chi connectivity index (χ2v) is 6.02. The molecule has 0 aliphatic rings. The zero-order valence-corrected chi connectivity index (χ0v) is 14.8. The van der Waals surface area contributed by atoms with E-state index in [0.717, 1.165) is 18.2 Å². The summed E-state index contributed by atoms with van der Waals surface area (Å²) in [6, 6.07) is 2.74. The number of benzene rings is 1. The highest BCUT2D eigenvalue weighted by atomic mass is 19.4. The number of rotatable bonds is 5. The number of carbonyl (C=O) groups excluding carboxylic acids is 1. The van der Waals surface area contributed by atoms with Crippen molar-refractivity contribution >= 4 is 11.9 Å². The molecule has 1 aromatic carbocycles. The first-order valence-electron chi connectivity index (χ1n) is 7.99. The van der Waals surface area contributed by atoms with E-state index in [-0.39, 0.29) is 17.2 Å². The number of carbonyl (C=O) groups is 1. The minimum absolute atomic E-state index is 0.159. The van der Waals surface area contributed by atoms with Gasteiger partial charge in [0.2, 0.25) is 5.95 Å². The van der Waals surface area contributed by atoms with E-state index >= 15 is 0 Å². The standard InChI is InChI=1S/C17H18F4N4O2/c1-4-12(9-5-6-10(11(18)7-9)17(19,20)21)22-15(27)13-8-14(26)24-16(23-13)25(2)3/h5-8,12H,4H2,1-3H3,(H,22,27)(H,23,24,26)/t12-/m1/s1. The summed E-state index contributed by atoms with van der Waals surface area (Å²) >= 11 is 0. The molecule has 1 aromatic heterocycles. The van der Waals surface area contributed by atoms with Crippen LogP contribution < -0.4 is 15.8 Å². The number of H-pyrrole nitrogens is 1. The molecule has 0 unspecified atom stereocenters. The van der Waals surface area contributed by atoms with Crippen molar-refractivity contribution < 1.29 is 22.4 Å². The Labute approximate surface area is 152 Å². The van der Waals surface area contributed by atoms with E-state index in [1.165, 1.54) is 4.90 Å². The molecule has 0 bridgehead atoms. The molecular weight excluding hydrogens is 368 g/mol. The number of nitrogens with zero attached hydrogens (tertiary/aromatic N) is 2. The van der Waals surface area contributed by atoms with E-state index in [2.05, 4.69) is 15.3 Å². The van der Waals surface area contributed by atoms with Crippen LogP contribution in [0, 0.1) is 5.82 Å². The molecule has 0 spiro atoms. The zero-order valence-electron chi connectivity index (χ0n) is 14.8. The second kappa shape index (κ2) is 7.77. The summed E-state index contributed by atoms with van der Waals surface area (Å²) in [7, 11) is 3.25. The molecule has 0 radical (unpaired) electrons. The number of aromatic amines is 1. The smallest absolute Gasteiger partial charge is 0.348 e. The summed E-state index contributed by atoms with van der Waals surface area (Å²) in [6.07, 6.45) is -4.51. The molecule has 146 valence electrons. The van der Waals surface area contributed by atoms with Gasteiger partial charge in [-0.15, -0.1) is 0 Å². The van der Waals surface area contributed by atoms with E-state index < -0.39 is 35.1 Å². The average Bonchev–Trinajstić information content (AvgIpc) is 2.57. The Morgan fingerprint density at radius 2 is 1.96 bits per heavy atom. The number of anilines is 1. The predicted molar refractivity (Wildman–Crippen MR) is 91.1 cm³/mol. The number of hydrogen-bond donors (Lipinski definition) is 2. The van der Waals surface area contributed by atoms with Crippen molar-refractivity contribution in [2.24, 2.45) is 0 Å². The quantitative estimate of drug-likeness (QED) is 0.775. The molecule has 6 nitrogen and oxygen atoms in total. The van der Waals surface area contributed by atoms with Crippen LogP contribution in [0.4, 0.5) is 23.5 Å². The highest BCUT2D eigenvalue weighted by Gasteiger charge is 2.34. The fourth-order valence-electron chi connectivity index (χ4n) is 2.40. The maximum absolute atomic E-state index is 13.8. The summed E-state index contributed by atoms with van der Waals surface area (Å²) in [5.74, 6) is -1.95. The number of halogens is 4. The van der Waals surface area contributed by atoms with Crippen molar-refractivity contribution in [3.05, 3.63) is 57.3 Å². The topological polar surface area (TPSA) is 78.1 Å². The van der Waals surface area contributed by atoms with Gasteiger partial charge in [-0.3, -0.25) is 14.6 Å². The zero-order chi connectivity index (χ0) is 20.4. The first kappa shape index (κ1) is 20.4. The third kappa shape index (κ3) is 4.83. The Morgan fingerprint density at radius 3 is 2.48 bits per heavy atom. The monoisotopic (exact) mass is 386 g/mol. The molecule has 27 heavy (non-hydrogen) atoms. The van der Waals surface area contributed by atoms with Gasteiger partial charge in [-0.25, -0.2) is 9.37 Å². The Bertz CT molecular complexity index is 893. The lowest BCUT2D eigenvalue weighted by molar-refractivity contribution is -0.140. The van der Waals surface area contributed by atoms with Crippen molar-refractivity contribution in [2.75, 3.05) is 19.0 Å². The fourth-order valence-corrected chi connectivity index (χ4v) is 2.40. The van der Waals surface area contributed by atoms with Crippen molar-refractivity contribution in [3.63, 3.8) is 0 Å². The van der Waals surface area contributed by atoms with Gasteiger partial charge >= 0.3 is 6.18 Å². The van der Waals surface area contributed by atoms with Crippen molar-refractivity contribution in [3.8, 4) is 0 Å². The minimum atomic E-state index is -4.80. The maximum atomic E-state index is 13.8. The van der Waals surface area contributed by atoms with Crippen LogP contribution in [0.1, 0.15) is 41.0 Å². The second-order valence-electron chi connectivity index (χ2n) is 6.02. The Morgan fingerprint density at radius 1 is 1.30 bits per heavy atom. The van der Waals surface area contributed by atoms with Gasteiger partial charge in [-0.2, -0.15) is 13.2 Å². The molecule has 10 heteroatoms. The van der Waals surface area contributed by atoms with Crippen LogP contribution in [0.2, 0.25) is 0 Å². The summed E-state index contributed by atoms with van der Waals surface area (Å²) in [6.45, 7) is 1.68. The SMILES string of the molecule is CC[C@@H](NC(=O)c1cc(=O)[nH]c(N(C)C)n1)c1ccc(C(F)(F)F)c(F)c1. The minimum Gasteiger partial charge on any atom is -0.348 e. The highest BCUT2D eigenvalue weighted by molar-refractivity contribution is 5.92. The molecule has 0 saturated carbocycles. The van der Waals surface area contributed by atoms with Crippen molar-refractivity contribution in [2.45, 2.75) is 25.6 Å². The molecule has 1 amide bonds. The molecular formula is C17H18F4N4O2. The third-order valence-corrected chi connectivity index (χ3v) is 3.80. The maximum Gasteiger partial charge on any atom is 0.419 e. The average molecular weight is 386 g/mol. The van der Waals surface area contributed by atoms with Gasteiger partial charge in [0, 0.05) is 20.2 Å². The van der Waals surface area contributed by atoms with Gasteiger partial charge in [-0.05, 0) is 24.1 Å². The van der Waals surface area contributed by atoms with Gasteiger partial charge in [0.15, 0.2) is 0 Å². The lowest BCUT2D eigenvalue weighted by Gasteiger charge is -2.19. The molecule has 2 rings (SSSR count). The number of nitrogens with one attached hydrogen (secondary N) is 2. The summed E-state index contributed by atoms with van der Waals surface area (Å²) < 4.78 is 51.8. The lowest BCUT2D eigenvalue weighted by Crippen LogP contribution is -2.31. The fraction of sp³-hybridized carbons (Fsp3) is 0.353. The molecule has 0 aliphatic heterocycles. The number of amides is 1. The number of hydrogen-bond acceptors (Lipinski definition) is 4. The lowest BCUT2D eigenvalue weighted by atomic mass is 10.0. The van der Waals surface area contributed by atoms with E-state index in [0.29, 0.717) is 12.5 Å². The van der Waals surface area contributed by atoms with Gasteiger partial charge < -0.3 is 10.2 Å². The van der Waals surface area contributed by atoms with Crippen LogP contribution in [-0.4, -0.2) is 30.0 Å². The van der Waals surface area contributed by atoms with Crippen LogP contribution >= 0.6 is 0 Å².